The quantitative estimate of drug-likeness (QED) is 0.765. The number of likely N-dealkylation sites (N-methyl/N-ethyl adjacent to an activating group) is 1. The molecule has 0 radical (unpaired) electrons. The van der Waals surface area contributed by atoms with E-state index in [1.165, 1.54) is 5.56 Å². The van der Waals surface area contributed by atoms with E-state index in [-0.39, 0.29) is 0 Å². The Hall–Kier alpha value is -1.35. The molecule has 1 heterocycles. The molecule has 0 aliphatic heterocycles. The van der Waals surface area contributed by atoms with Gasteiger partial charge >= 0.3 is 0 Å². The molecule has 3 heteroatoms. The van der Waals surface area contributed by atoms with Gasteiger partial charge in [0.05, 0.1) is 0 Å². The molecular formula is C14H23N3. The molecule has 0 aromatic carbocycles. The summed E-state index contributed by atoms with van der Waals surface area (Å²) in [5.74, 6) is 1.46. The highest BCUT2D eigenvalue weighted by Crippen LogP contribution is 2.19. The summed E-state index contributed by atoms with van der Waals surface area (Å²) in [4.78, 5) is 6.79. The molecule has 0 spiro atoms. The van der Waals surface area contributed by atoms with Gasteiger partial charge in [-0.15, -0.1) is 6.58 Å². The van der Waals surface area contributed by atoms with Crippen LogP contribution in [0.4, 0.5) is 5.82 Å². The Kier molecular flexibility index (Phi) is 5.16. The van der Waals surface area contributed by atoms with Gasteiger partial charge < -0.3 is 10.2 Å². The summed E-state index contributed by atoms with van der Waals surface area (Å²) in [5.41, 5.74) is 2.42. The van der Waals surface area contributed by atoms with E-state index in [0.29, 0.717) is 5.92 Å². The second-order valence-electron chi connectivity index (χ2n) is 4.61. The van der Waals surface area contributed by atoms with Crippen molar-refractivity contribution < 1.29 is 0 Å². The molecule has 0 aliphatic rings. The number of nitrogens with zero attached hydrogens (tertiary/aromatic N) is 2. The number of rotatable bonds is 6. The topological polar surface area (TPSA) is 28.2 Å². The largest absolute Gasteiger partial charge is 0.356 e. The van der Waals surface area contributed by atoms with Gasteiger partial charge in [0.25, 0.3) is 0 Å². The maximum Gasteiger partial charge on any atom is 0.129 e. The maximum atomic E-state index is 4.68. The molecule has 1 N–H and O–H groups in total. The van der Waals surface area contributed by atoms with Gasteiger partial charge in [0, 0.05) is 25.8 Å². The van der Waals surface area contributed by atoms with Crippen LogP contribution in [0.15, 0.2) is 24.8 Å². The molecule has 0 fully saturated rings. The van der Waals surface area contributed by atoms with E-state index in [9.17, 15) is 0 Å². The summed E-state index contributed by atoms with van der Waals surface area (Å²) in [5, 5.41) is 3.18. The standard InChI is InChI=1S/C14H23N3/c1-6-7-17(5)14-9-12(10-15-4)8-13(16-14)11(2)3/h6,8-9,11,15H,1,7,10H2,2-5H3. The molecule has 0 amide bonds. The SMILES string of the molecule is C=CCN(C)c1cc(CNC)cc(C(C)C)n1. The molecule has 0 unspecified atom stereocenters. The van der Waals surface area contributed by atoms with Crippen molar-refractivity contribution in [1.29, 1.82) is 0 Å². The highest BCUT2D eigenvalue weighted by molar-refractivity contribution is 5.43. The lowest BCUT2D eigenvalue weighted by atomic mass is 10.1. The molecule has 0 atom stereocenters. The van der Waals surface area contributed by atoms with Gasteiger partial charge in [0.1, 0.15) is 5.82 Å². The second kappa shape index (κ2) is 6.40. The van der Waals surface area contributed by atoms with E-state index in [0.717, 1.165) is 24.6 Å². The van der Waals surface area contributed by atoms with Crippen molar-refractivity contribution in [2.24, 2.45) is 0 Å². The number of hydrogen-bond donors (Lipinski definition) is 1. The molecule has 0 bridgehead atoms. The summed E-state index contributed by atoms with van der Waals surface area (Å²) in [6.45, 7) is 9.78. The van der Waals surface area contributed by atoms with E-state index < -0.39 is 0 Å². The van der Waals surface area contributed by atoms with Gasteiger partial charge in [0.2, 0.25) is 0 Å². The van der Waals surface area contributed by atoms with E-state index in [4.69, 9.17) is 0 Å². The number of hydrogen-bond acceptors (Lipinski definition) is 3. The first-order chi connectivity index (χ1) is 8.08. The Morgan fingerprint density at radius 2 is 2.18 bits per heavy atom. The van der Waals surface area contributed by atoms with Crippen LogP contribution in [0.25, 0.3) is 0 Å². The predicted molar refractivity (Wildman–Crippen MR) is 74.6 cm³/mol. The molecule has 0 saturated carbocycles. The summed E-state index contributed by atoms with van der Waals surface area (Å²) < 4.78 is 0. The van der Waals surface area contributed by atoms with Crippen LogP contribution in [0.2, 0.25) is 0 Å². The van der Waals surface area contributed by atoms with Crippen LogP contribution < -0.4 is 10.2 Å². The van der Waals surface area contributed by atoms with Crippen molar-refractivity contribution in [3.8, 4) is 0 Å². The molecule has 1 aromatic rings. The van der Waals surface area contributed by atoms with Crippen molar-refractivity contribution in [2.45, 2.75) is 26.3 Å². The van der Waals surface area contributed by atoms with Crippen LogP contribution in [-0.4, -0.2) is 25.6 Å². The van der Waals surface area contributed by atoms with E-state index >= 15 is 0 Å². The fourth-order valence-corrected chi connectivity index (χ4v) is 1.68. The Balaban J connectivity index is 3.06. The molecule has 0 aliphatic carbocycles. The molecular weight excluding hydrogens is 210 g/mol. The molecule has 1 rings (SSSR count). The number of nitrogens with one attached hydrogen (secondary N) is 1. The Bertz CT molecular complexity index is 372. The zero-order chi connectivity index (χ0) is 12.8. The molecule has 94 valence electrons. The second-order valence-corrected chi connectivity index (χ2v) is 4.61. The summed E-state index contributed by atoms with van der Waals surface area (Å²) in [6.07, 6.45) is 1.89. The van der Waals surface area contributed by atoms with Crippen LogP contribution in [0.1, 0.15) is 31.0 Å². The highest BCUT2D eigenvalue weighted by Gasteiger charge is 2.08. The van der Waals surface area contributed by atoms with Gasteiger partial charge in [-0.3, -0.25) is 0 Å². The zero-order valence-corrected chi connectivity index (χ0v) is 11.3. The van der Waals surface area contributed by atoms with Crippen LogP contribution >= 0.6 is 0 Å². The van der Waals surface area contributed by atoms with Crippen LogP contribution in [0, 0.1) is 0 Å². The first-order valence-electron chi connectivity index (χ1n) is 6.06. The van der Waals surface area contributed by atoms with Crippen molar-refractivity contribution >= 4 is 5.82 Å². The summed E-state index contributed by atoms with van der Waals surface area (Å²) >= 11 is 0. The van der Waals surface area contributed by atoms with Crippen LogP contribution in [0.3, 0.4) is 0 Å². The van der Waals surface area contributed by atoms with Crippen LogP contribution in [0.5, 0.6) is 0 Å². The zero-order valence-electron chi connectivity index (χ0n) is 11.3. The average molecular weight is 233 g/mol. The first kappa shape index (κ1) is 13.7. The third-order valence-electron chi connectivity index (χ3n) is 2.66. The lowest BCUT2D eigenvalue weighted by Gasteiger charge is -2.19. The van der Waals surface area contributed by atoms with Crippen molar-refractivity contribution in [2.75, 3.05) is 25.5 Å². The lowest BCUT2D eigenvalue weighted by molar-refractivity contribution is 0.783. The Labute approximate surface area is 105 Å². The third-order valence-corrected chi connectivity index (χ3v) is 2.66. The van der Waals surface area contributed by atoms with Crippen molar-refractivity contribution in [1.82, 2.24) is 10.3 Å². The Morgan fingerprint density at radius 3 is 2.71 bits per heavy atom. The van der Waals surface area contributed by atoms with Gasteiger partial charge in [-0.1, -0.05) is 19.9 Å². The monoisotopic (exact) mass is 233 g/mol. The minimum absolute atomic E-state index is 0.447. The first-order valence-corrected chi connectivity index (χ1v) is 6.06. The van der Waals surface area contributed by atoms with E-state index in [1.54, 1.807) is 0 Å². The molecule has 17 heavy (non-hydrogen) atoms. The van der Waals surface area contributed by atoms with Gasteiger partial charge in [0.15, 0.2) is 0 Å². The van der Waals surface area contributed by atoms with Gasteiger partial charge in [-0.2, -0.15) is 0 Å². The number of pyridine rings is 1. The predicted octanol–water partition coefficient (Wildman–Crippen LogP) is 2.55. The lowest BCUT2D eigenvalue weighted by Crippen LogP contribution is -2.19. The van der Waals surface area contributed by atoms with E-state index in [1.807, 2.05) is 20.2 Å². The van der Waals surface area contributed by atoms with Crippen molar-refractivity contribution in [3.63, 3.8) is 0 Å². The van der Waals surface area contributed by atoms with Gasteiger partial charge in [-0.25, -0.2) is 4.98 Å². The highest BCUT2D eigenvalue weighted by atomic mass is 15.2. The minimum atomic E-state index is 0.447. The smallest absolute Gasteiger partial charge is 0.129 e. The molecule has 0 saturated heterocycles. The molecule has 3 nitrogen and oxygen atoms in total. The van der Waals surface area contributed by atoms with Crippen molar-refractivity contribution in [3.05, 3.63) is 36.0 Å². The fourth-order valence-electron chi connectivity index (χ4n) is 1.68. The maximum absolute atomic E-state index is 4.68. The third kappa shape index (κ3) is 3.86. The average Bonchev–Trinajstić information content (AvgIpc) is 2.29. The molecule has 1 aromatic heterocycles. The normalized spacial score (nSPS) is 10.6. The number of aromatic nitrogens is 1. The Morgan fingerprint density at radius 1 is 1.47 bits per heavy atom. The minimum Gasteiger partial charge on any atom is -0.356 e. The van der Waals surface area contributed by atoms with Gasteiger partial charge in [-0.05, 0) is 30.7 Å². The van der Waals surface area contributed by atoms with Crippen LogP contribution in [-0.2, 0) is 6.54 Å². The summed E-state index contributed by atoms with van der Waals surface area (Å²) in [7, 11) is 4.00. The summed E-state index contributed by atoms with van der Waals surface area (Å²) in [6, 6.07) is 4.30. The number of anilines is 1. The fraction of sp³-hybridized carbons (Fsp3) is 0.500. The van der Waals surface area contributed by atoms with E-state index in [2.05, 4.69) is 47.8 Å².